The van der Waals surface area contributed by atoms with E-state index in [9.17, 15) is 18.0 Å². The Labute approximate surface area is 196 Å². The zero-order valence-electron chi connectivity index (χ0n) is 18.8. The van der Waals surface area contributed by atoms with Gasteiger partial charge in [0, 0.05) is 19.6 Å². The number of nitrogens with zero attached hydrogens (tertiary/aromatic N) is 1. The van der Waals surface area contributed by atoms with Crippen LogP contribution in [0, 0.1) is 5.92 Å². The highest BCUT2D eigenvalue weighted by atomic mass is 32.2. The molecule has 3 rings (SSSR count). The van der Waals surface area contributed by atoms with Crippen LogP contribution >= 0.6 is 0 Å². The molecule has 0 aromatic heterocycles. The van der Waals surface area contributed by atoms with Crippen LogP contribution in [0.15, 0.2) is 60.7 Å². The molecule has 33 heavy (non-hydrogen) atoms. The van der Waals surface area contributed by atoms with E-state index in [0.717, 1.165) is 24.2 Å². The molecule has 2 amide bonds. The second kappa shape index (κ2) is 12.4. The number of rotatable bonds is 11. The largest absolute Gasteiger partial charge is 0.493 e. The molecule has 1 N–H and O–H groups in total. The molecule has 1 fully saturated rings. The maximum Gasteiger partial charge on any atom is 0.226 e. The molecule has 2 aromatic carbocycles. The maximum atomic E-state index is 12.6. The van der Waals surface area contributed by atoms with Crippen molar-refractivity contribution in [1.29, 1.82) is 0 Å². The van der Waals surface area contributed by atoms with Crippen LogP contribution in [0.25, 0.3) is 0 Å². The Bertz CT molecular complexity index is 996. The molecule has 1 atom stereocenters. The number of sulfone groups is 1. The minimum Gasteiger partial charge on any atom is -0.493 e. The van der Waals surface area contributed by atoms with Gasteiger partial charge in [-0.3, -0.25) is 9.59 Å². The van der Waals surface area contributed by atoms with E-state index < -0.39 is 9.84 Å². The number of para-hydroxylation sites is 1. The summed E-state index contributed by atoms with van der Waals surface area (Å²) >= 11 is 0. The molecule has 0 saturated carbocycles. The summed E-state index contributed by atoms with van der Waals surface area (Å²) in [4.78, 5) is 26.8. The van der Waals surface area contributed by atoms with E-state index in [2.05, 4.69) is 5.32 Å². The molecule has 1 aliphatic heterocycles. The number of amides is 2. The third kappa shape index (κ3) is 8.53. The number of piperidine rings is 1. The lowest BCUT2D eigenvalue weighted by Crippen LogP contribution is -2.46. The van der Waals surface area contributed by atoms with Crippen LogP contribution in [0.3, 0.4) is 0 Å². The van der Waals surface area contributed by atoms with Crippen molar-refractivity contribution < 1.29 is 22.7 Å². The monoisotopic (exact) mass is 472 g/mol. The van der Waals surface area contributed by atoms with E-state index in [0.29, 0.717) is 32.7 Å². The molecule has 1 heterocycles. The zero-order valence-corrected chi connectivity index (χ0v) is 19.6. The van der Waals surface area contributed by atoms with Gasteiger partial charge in [-0.15, -0.1) is 0 Å². The summed E-state index contributed by atoms with van der Waals surface area (Å²) in [5.74, 6) is 0.364. The fraction of sp³-hybridized carbons (Fsp3) is 0.440. The highest BCUT2D eigenvalue weighted by Gasteiger charge is 2.28. The summed E-state index contributed by atoms with van der Waals surface area (Å²) in [6.07, 6.45) is 2.13. The maximum absolute atomic E-state index is 12.6. The molecule has 7 nitrogen and oxygen atoms in total. The summed E-state index contributed by atoms with van der Waals surface area (Å²) in [5, 5.41) is 2.85. The van der Waals surface area contributed by atoms with Crippen LogP contribution in [-0.2, 0) is 25.2 Å². The molecular formula is C25H32N2O5S. The van der Waals surface area contributed by atoms with E-state index in [1.807, 2.05) is 48.5 Å². The number of likely N-dealkylation sites (tertiary alicyclic amines) is 1. The fourth-order valence-corrected chi connectivity index (χ4v) is 5.33. The van der Waals surface area contributed by atoms with Crippen LogP contribution in [-0.4, -0.2) is 57.1 Å². The van der Waals surface area contributed by atoms with Crippen molar-refractivity contribution >= 4 is 21.7 Å². The molecule has 0 bridgehead atoms. The van der Waals surface area contributed by atoms with Gasteiger partial charge in [0.15, 0.2) is 9.84 Å². The highest BCUT2D eigenvalue weighted by molar-refractivity contribution is 7.90. The standard InChI is InChI=1S/C25H32N2O5S/c28-24(14-17-32-23-12-5-2-6-13-23)27-16-7-11-22(19-27)25(29)26-15-8-18-33(30,31)20-21-9-3-1-4-10-21/h1-6,9-10,12-13,22H,7-8,11,14-20H2,(H,26,29). The SMILES string of the molecule is O=C(NCCCS(=O)(=O)Cc1ccccc1)C1CCCN(C(=O)CCOc2ccccc2)C1. The average molecular weight is 473 g/mol. The highest BCUT2D eigenvalue weighted by Crippen LogP contribution is 2.18. The Balaban J connectivity index is 1.35. The van der Waals surface area contributed by atoms with Gasteiger partial charge in [0.1, 0.15) is 5.75 Å². The Morgan fingerprint density at radius 1 is 1.03 bits per heavy atom. The number of hydrogen-bond donors (Lipinski definition) is 1. The van der Waals surface area contributed by atoms with Crippen LogP contribution in [0.1, 0.15) is 31.2 Å². The molecule has 8 heteroatoms. The number of ether oxygens (including phenoxy) is 1. The number of nitrogens with one attached hydrogen (secondary N) is 1. The first-order chi connectivity index (χ1) is 15.9. The topological polar surface area (TPSA) is 92.8 Å². The second-order valence-electron chi connectivity index (χ2n) is 8.31. The van der Waals surface area contributed by atoms with Crippen LogP contribution in [0.4, 0.5) is 0 Å². The first-order valence-corrected chi connectivity index (χ1v) is 13.2. The Morgan fingerprint density at radius 3 is 2.45 bits per heavy atom. The molecule has 2 aromatic rings. The van der Waals surface area contributed by atoms with Gasteiger partial charge in [-0.05, 0) is 37.0 Å². The normalized spacial score (nSPS) is 16.2. The smallest absolute Gasteiger partial charge is 0.226 e. The second-order valence-corrected chi connectivity index (χ2v) is 10.5. The molecule has 1 aliphatic rings. The van der Waals surface area contributed by atoms with E-state index in [4.69, 9.17) is 4.74 Å². The fourth-order valence-electron chi connectivity index (χ4n) is 3.90. The predicted octanol–water partition coefficient (Wildman–Crippen LogP) is 2.82. The van der Waals surface area contributed by atoms with Crippen molar-refractivity contribution in [3.8, 4) is 5.75 Å². The van der Waals surface area contributed by atoms with Crippen LogP contribution < -0.4 is 10.1 Å². The molecule has 0 aliphatic carbocycles. The number of hydrogen-bond acceptors (Lipinski definition) is 5. The number of benzene rings is 2. The molecule has 178 valence electrons. The van der Waals surface area contributed by atoms with Crippen molar-refractivity contribution in [3.63, 3.8) is 0 Å². The zero-order chi connectivity index (χ0) is 23.5. The molecule has 1 saturated heterocycles. The summed E-state index contributed by atoms with van der Waals surface area (Å²) in [5.41, 5.74) is 0.766. The van der Waals surface area contributed by atoms with Gasteiger partial charge >= 0.3 is 0 Å². The van der Waals surface area contributed by atoms with Crippen LogP contribution in [0.5, 0.6) is 5.75 Å². The van der Waals surface area contributed by atoms with Gasteiger partial charge in [-0.2, -0.15) is 0 Å². The molecule has 1 unspecified atom stereocenters. The Kier molecular flexibility index (Phi) is 9.30. The summed E-state index contributed by atoms with van der Waals surface area (Å²) < 4.78 is 30.1. The summed E-state index contributed by atoms with van der Waals surface area (Å²) in [7, 11) is -3.22. The summed E-state index contributed by atoms with van der Waals surface area (Å²) in [6, 6.07) is 18.4. The van der Waals surface area contributed by atoms with E-state index in [-0.39, 0.29) is 35.7 Å². The summed E-state index contributed by atoms with van der Waals surface area (Å²) in [6.45, 7) is 1.64. The third-order valence-corrected chi connectivity index (χ3v) is 7.32. The quantitative estimate of drug-likeness (QED) is 0.508. The Hall–Kier alpha value is -2.87. The van der Waals surface area contributed by atoms with Gasteiger partial charge in [0.25, 0.3) is 0 Å². The van der Waals surface area contributed by atoms with Crippen molar-refractivity contribution in [2.45, 2.75) is 31.4 Å². The van der Waals surface area contributed by atoms with Gasteiger partial charge in [-0.1, -0.05) is 48.5 Å². The van der Waals surface area contributed by atoms with E-state index >= 15 is 0 Å². The van der Waals surface area contributed by atoms with Gasteiger partial charge in [0.05, 0.1) is 30.5 Å². The van der Waals surface area contributed by atoms with Gasteiger partial charge < -0.3 is 15.0 Å². The van der Waals surface area contributed by atoms with Crippen molar-refractivity contribution in [2.24, 2.45) is 5.92 Å². The molecule has 0 spiro atoms. The lowest BCUT2D eigenvalue weighted by molar-refractivity contribution is -0.136. The van der Waals surface area contributed by atoms with Gasteiger partial charge in [0.2, 0.25) is 11.8 Å². The minimum atomic E-state index is -3.22. The predicted molar refractivity (Wildman–Crippen MR) is 127 cm³/mol. The number of carbonyl (C=O) groups is 2. The van der Waals surface area contributed by atoms with Crippen molar-refractivity contribution in [2.75, 3.05) is 32.0 Å². The molecular weight excluding hydrogens is 440 g/mol. The lowest BCUT2D eigenvalue weighted by Gasteiger charge is -2.32. The molecule has 0 radical (unpaired) electrons. The van der Waals surface area contributed by atoms with Crippen LogP contribution in [0.2, 0.25) is 0 Å². The van der Waals surface area contributed by atoms with Crippen molar-refractivity contribution in [1.82, 2.24) is 10.2 Å². The Morgan fingerprint density at radius 2 is 1.73 bits per heavy atom. The minimum absolute atomic E-state index is 0.00939. The number of carbonyl (C=O) groups excluding carboxylic acids is 2. The first-order valence-electron chi connectivity index (χ1n) is 11.4. The first kappa shape index (κ1) is 24.8. The third-order valence-electron chi connectivity index (χ3n) is 5.63. The lowest BCUT2D eigenvalue weighted by atomic mass is 9.97. The van der Waals surface area contributed by atoms with Gasteiger partial charge in [-0.25, -0.2) is 8.42 Å². The van der Waals surface area contributed by atoms with Crippen molar-refractivity contribution in [3.05, 3.63) is 66.2 Å². The van der Waals surface area contributed by atoms with E-state index in [1.165, 1.54) is 0 Å². The average Bonchev–Trinajstić information content (AvgIpc) is 2.83. The van der Waals surface area contributed by atoms with E-state index in [1.54, 1.807) is 17.0 Å².